The average Bonchev–Trinajstić information content (AvgIpc) is 2.30. The number of aliphatic carboxylic acids is 1. The highest BCUT2D eigenvalue weighted by molar-refractivity contribution is 5.89. The molecular formula is C11H12F2N2O3. The van der Waals surface area contributed by atoms with Crippen LogP contribution in [0.1, 0.15) is 6.92 Å². The van der Waals surface area contributed by atoms with Gasteiger partial charge in [-0.2, -0.15) is 0 Å². The van der Waals surface area contributed by atoms with Crippen LogP contribution < -0.4 is 10.6 Å². The van der Waals surface area contributed by atoms with Gasteiger partial charge in [0.1, 0.15) is 17.3 Å². The Kier molecular flexibility index (Phi) is 4.59. The fourth-order valence-electron chi connectivity index (χ4n) is 1.11. The van der Waals surface area contributed by atoms with Crippen molar-refractivity contribution in [3.63, 3.8) is 0 Å². The summed E-state index contributed by atoms with van der Waals surface area (Å²) in [4.78, 5) is 21.8. The lowest BCUT2D eigenvalue weighted by Gasteiger charge is -2.10. The van der Waals surface area contributed by atoms with Crippen LogP contribution in [-0.4, -0.2) is 23.7 Å². The van der Waals surface area contributed by atoms with Crippen LogP contribution in [0.15, 0.2) is 18.2 Å². The van der Waals surface area contributed by atoms with E-state index in [0.29, 0.717) is 0 Å². The van der Waals surface area contributed by atoms with E-state index in [1.54, 1.807) is 0 Å². The molecule has 98 valence electrons. The monoisotopic (exact) mass is 258 g/mol. The van der Waals surface area contributed by atoms with Crippen molar-refractivity contribution in [2.45, 2.75) is 6.92 Å². The van der Waals surface area contributed by atoms with E-state index >= 15 is 0 Å². The van der Waals surface area contributed by atoms with Crippen molar-refractivity contribution in [1.29, 1.82) is 0 Å². The van der Waals surface area contributed by atoms with Gasteiger partial charge in [0.15, 0.2) is 0 Å². The van der Waals surface area contributed by atoms with Gasteiger partial charge < -0.3 is 15.7 Å². The van der Waals surface area contributed by atoms with Crippen LogP contribution in [0.25, 0.3) is 0 Å². The summed E-state index contributed by atoms with van der Waals surface area (Å²) in [7, 11) is 0. The number of carboxylic acids is 1. The summed E-state index contributed by atoms with van der Waals surface area (Å²) < 4.78 is 26.3. The van der Waals surface area contributed by atoms with Crippen LogP contribution in [0.5, 0.6) is 0 Å². The molecule has 0 aliphatic carbocycles. The molecule has 0 bridgehead atoms. The number of rotatable bonds is 4. The Morgan fingerprint density at radius 2 is 1.89 bits per heavy atom. The van der Waals surface area contributed by atoms with Gasteiger partial charge in [-0.1, -0.05) is 13.0 Å². The lowest BCUT2D eigenvalue weighted by atomic mass is 10.2. The molecule has 3 N–H and O–H groups in total. The van der Waals surface area contributed by atoms with Gasteiger partial charge in [0.05, 0.1) is 5.92 Å². The van der Waals surface area contributed by atoms with Gasteiger partial charge in [-0.05, 0) is 12.1 Å². The van der Waals surface area contributed by atoms with Gasteiger partial charge in [-0.25, -0.2) is 13.6 Å². The molecule has 2 amide bonds. The molecule has 0 aromatic heterocycles. The normalized spacial score (nSPS) is 11.7. The van der Waals surface area contributed by atoms with Crippen molar-refractivity contribution in [3.05, 3.63) is 29.8 Å². The number of nitrogens with one attached hydrogen (secondary N) is 2. The predicted octanol–water partition coefficient (Wildman–Crippen LogP) is 1.81. The van der Waals surface area contributed by atoms with Crippen molar-refractivity contribution >= 4 is 17.7 Å². The van der Waals surface area contributed by atoms with E-state index < -0.39 is 35.2 Å². The molecule has 18 heavy (non-hydrogen) atoms. The highest BCUT2D eigenvalue weighted by Gasteiger charge is 2.14. The summed E-state index contributed by atoms with van der Waals surface area (Å²) in [5, 5.41) is 12.8. The fraction of sp³-hybridized carbons (Fsp3) is 0.273. The number of halogens is 2. The largest absolute Gasteiger partial charge is 0.481 e. The molecule has 1 aromatic rings. The van der Waals surface area contributed by atoms with Crippen LogP contribution >= 0.6 is 0 Å². The van der Waals surface area contributed by atoms with Crippen molar-refractivity contribution in [3.8, 4) is 0 Å². The first kappa shape index (κ1) is 13.9. The Hall–Kier alpha value is -2.18. The summed E-state index contributed by atoms with van der Waals surface area (Å²) in [5.41, 5.74) is -0.571. The van der Waals surface area contributed by atoms with Crippen LogP contribution in [0, 0.1) is 17.6 Å². The first-order valence-corrected chi connectivity index (χ1v) is 5.13. The zero-order chi connectivity index (χ0) is 13.7. The number of hydrogen-bond acceptors (Lipinski definition) is 2. The SMILES string of the molecule is CC(CNC(=O)Nc1c(F)cccc1F)C(=O)O. The van der Waals surface area contributed by atoms with Gasteiger partial charge in [0.25, 0.3) is 0 Å². The van der Waals surface area contributed by atoms with E-state index in [9.17, 15) is 18.4 Å². The number of anilines is 1. The third-order valence-corrected chi connectivity index (χ3v) is 2.19. The van der Waals surface area contributed by atoms with Gasteiger partial charge in [0, 0.05) is 6.54 Å². The minimum atomic E-state index is -1.08. The fourth-order valence-corrected chi connectivity index (χ4v) is 1.11. The molecule has 5 nitrogen and oxygen atoms in total. The van der Waals surface area contributed by atoms with Crippen molar-refractivity contribution in [1.82, 2.24) is 5.32 Å². The molecule has 0 aliphatic rings. The molecule has 1 aromatic carbocycles. The summed E-state index contributed by atoms with van der Waals surface area (Å²) in [6.07, 6.45) is 0. The number of para-hydroxylation sites is 1. The maximum absolute atomic E-state index is 13.2. The first-order valence-electron chi connectivity index (χ1n) is 5.13. The number of amides is 2. The second kappa shape index (κ2) is 5.95. The smallest absolute Gasteiger partial charge is 0.319 e. The molecule has 0 saturated heterocycles. The van der Waals surface area contributed by atoms with Crippen LogP contribution in [0.2, 0.25) is 0 Å². The van der Waals surface area contributed by atoms with E-state index in [1.807, 2.05) is 5.32 Å². The molecule has 7 heteroatoms. The van der Waals surface area contributed by atoms with Gasteiger partial charge in [-0.3, -0.25) is 4.79 Å². The number of carbonyl (C=O) groups is 2. The molecule has 0 radical (unpaired) electrons. The van der Waals surface area contributed by atoms with E-state index in [-0.39, 0.29) is 6.54 Å². The van der Waals surface area contributed by atoms with Crippen LogP contribution in [-0.2, 0) is 4.79 Å². The van der Waals surface area contributed by atoms with Crippen molar-refractivity contribution in [2.75, 3.05) is 11.9 Å². The molecule has 0 fully saturated rings. The molecule has 0 aliphatic heterocycles. The lowest BCUT2D eigenvalue weighted by molar-refractivity contribution is -0.140. The maximum atomic E-state index is 13.2. The minimum Gasteiger partial charge on any atom is -0.481 e. The van der Waals surface area contributed by atoms with Gasteiger partial charge in [0.2, 0.25) is 0 Å². The van der Waals surface area contributed by atoms with Crippen LogP contribution in [0.4, 0.5) is 19.3 Å². The first-order chi connectivity index (χ1) is 8.41. The zero-order valence-electron chi connectivity index (χ0n) is 9.54. The Morgan fingerprint density at radius 1 is 1.33 bits per heavy atom. The lowest BCUT2D eigenvalue weighted by Crippen LogP contribution is -2.35. The molecule has 1 unspecified atom stereocenters. The zero-order valence-corrected chi connectivity index (χ0v) is 9.54. The van der Waals surface area contributed by atoms with E-state index in [1.165, 1.54) is 13.0 Å². The molecule has 0 spiro atoms. The van der Waals surface area contributed by atoms with E-state index in [0.717, 1.165) is 12.1 Å². The molecule has 1 atom stereocenters. The Labute approximate surface area is 102 Å². The number of carbonyl (C=O) groups excluding carboxylic acids is 1. The number of carboxylic acid groups (broad SMARTS) is 1. The quantitative estimate of drug-likeness (QED) is 0.770. The summed E-state index contributed by atoms with van der Waals surface area (Å²) >= 11 is 0. The highest BCUT2D eigenvalue weighted by Crippen LogP contribution is 2.17. The summed E-state index contributed by atoms with van der Waals surface area (Å²) in [6.45, 7) is 1.25. The Balaban J connectivity index is 2.58. The summed E-state index contributed by atoms with van der Waals surface area (Å²) in [5.74, 6) is -3.68. The molecule has 1 rings (SSSR count). The average molecular weight is 258 g/mol. The maximum Gasteiger partial charge on any atom is 0.319 e. The second-order valence-corrected chi connectivity index (χ2v) is 3.67. The number of urea groups is 1. The van der Waals surface area contributed by atoms with Crippen LogP contribution in [0.3, 0.4) is 0 Å². The van der Waals surface area contributed by atoms with Gasteiger partial charge in [-0.15, -0.1) is 0 Å². The Morgan fingerprint density at radius 3 is 2.39 bits per heavy atom. The molecule has 0 saturated carbocycles. The molecular weight excluding hydrogens is 246 g/mol. The highest BCUT2D eigenvalue weighted by atomic mass is 19.1. The predicted molar refractivity (Wildman–Crippen MR) is 60.2 cm³/mol. The topological polar surface area (TPSA) is 78.4 Å². The van der Waals surface area contributed by atoms with E-state index in [2.05, 4.69) is 5.32 Å². The standard InChI is InChI=1S/C11H12F2N2O3/c1-6(10(16)17)5-14-11(18)15-9-7(12)3-2-4-8(9)13/h2-4,6H,5H2,1H3,(H,16,17)(H2,14,15,18). The Bertz CT molecular complexity index is 445. The van der Waals surface area contributed by atoms with E-state index in [4.69, 9.17) is 5.11 Å². The summed E-state index contributed by atoms with van der Waals surface area (Å²) in [6, 6.07) is 2.30. The third-order valence-electron chi connectivity index (χ3n) is 2.19. The second-order valence-electron chi connectivity index (χ2n) is 3.67. The van der Waals surface area contributed by atoms with Gasteiger partial charge >= 0.3 is 12.0 Å². The molecule has 0 heterocycles. The third kappa shape index (κ3) is 3.69. The number of benzene rings is 1. The van der Waals surface area contributed by atoms with Crippen molar-refractivity contribution in [2.24, 2.45) is 5.92 Å². The minimum absolute atomic E-state index is 0.142. The van der Waals surface area contributed by atoms with Crippen molar-refractivity contribution < 1.29 is 23.5 Å². The number of hydrogen-bond donors (Lipinski definition) is 3.